The highest BCUT2D eigenvalue weighted by molar-refractivity contribution is 6.30. The first-order chi connectivity index (χ1) is 15.1. The Morgan fingerprint density at radius 1 is 0.968 bits per heavy atom. The number of hydrogen-bond acceptors (Lipinski definition) is 4. The predicted molar refractivity (Wildman–Crippen MR) is 126 cm³/mol. The lowest BCUT2D eigenvalue weighted by Gasteiger charge is -2.12. The molecule has 0 aliphatic rings. The molecule has 4 aromatic rings. The number of nitrogens with two attached hydrogens (primary N) is 1. The summed E-state index contributed by atoms with van der Waals surface area (Å²) in [7, 11) is 0. The zero-order valence-corrected chi connectivity index (χ0v) is 17.3. The third-order valence-electron chi connectivity index (χ3n) is 4.80. The standard InChI is InChI=1S/C25H20ClN3O2/c26-19-12-9-17(10-13-19)16-31-24-14-11-18-5-1-2-6-20(18)22(24)15-28-29-25(30)21-7-3-4-8-23(21)27/h1-15H,16,27H2,(H,29,30)/b28-15-. The maximum Gasteiger partial charge on any atom is 0.273 e. The van der Waals surface area contributed by atoms with Gasteiger partial charge in [0.2, 0.25) is 0 Å². The van der Waals surface area contributed by atoms with Crippen LogP contribution >= 0.6 is 11.6 Å². The van der Waals surface area contributed by atoms with Crippen LogP contribution in [-0.2, 0) is 6.61 Å². The van der Waals surface area contributed by atoms with Gasteiger partial charge in [-0.2, -0.15) is 5.10 Å². The number of carbonyl (C=O) groups is 1. The molecule has 0 fully saturated rings. The van der Waals surface area contributed by atoms with Crippen LogP contribution in [0.3, 0.4) is 0 Å². The number of hydrogen-bond donors (Lipinski definition) is 2. The van der Waals surface area contributed by atoms with Crippen LogP contribution in [0.4, 0.5) is 5.69 Å². The van der Waals surface area contributed by atoms with E-state index in [1.165, 1.54) is 0 Å². The summed E-state index contributed by atoms with van der Waals surface area (Å²) in [6.45, 7) is 0.378. The van der Waals surface area contributed by atoms with E-state index in [1.54, 1.807) is 30.5 Å². The maximum atomic E-state index is 12.4. The molecule has 0 radical (unpaired) electrons. The molecule has 0 bridgehead atoms. The van der Waals surface area contributed by atoms with Crippen LogP contribution in [0.5, 0.6) is 5.75 Å². The Labute approximate surface area is 185 Å². The Balaban J connectivity index is 1.59. The highest BCUT2D eigenvalue weighted by Gasteiger charge is 2.10. The van der Waals surface area contributed by atoms with Crippen molar-refractivity contribution in [2.75, 3.05) is 5.73 Å². The number of rotatable bonds is 6. The molecular weight excluding hydrogens is 410 g/mol. The molecule has 0 aliphatic carbocycles. The number of amides is 1. The van der Waals surface area contributed by atoms with E-state index in [-0.39, 0.29) is 5.91 Å². The normalized spacial score (nSPS) is 11.0. The van der Waals surface area contributed by atoms with Gasteiger partial charge in [0.25, 0.3) is 5.91 Å². The van der Waals surface area contributed by atoms with E-state index in [0.717, 1.165) is 21.9 Å². The molecule has 0 spiro atoms. The lowest BCUT2D eigenvalue weighted by atomic mass is 10.0. The molecule has 0 heterocycles. The summed E-state index contributed by atoms with van der Waals surface area (Å²) in [5, 5.41) is 6.85. The monoisotopic (exact) mass is 429 g/mol. The topological polar surface area (TPSA) is 76.7 Å². The number of ether oxygens (including phenoxy) is 1. The van der Waals surface area contributed by atoms with Crippen molar-refractivity contribution >= 4 is 40.2 Å². The van der Waals surface area contributed by atoms with Gasteiger partial charge in [0.1, 0.15) is 12.4 Å². The van der Waals surface area contributed by atoms with Crippen molar-refractivity contribution < 1.29 is 9.53 Å². The summed E-state index contributed by atoms with van der Waals surface area (Å²) in [4.78, 5) is 12.4. The highest BCUT2D eigenvalue weighted by Crippen LogP contribution is 2.27. The largest absolute Gasteiger partial charge is 0.488 e. The third-order valence-corrected chi connectivity index (χ3v) is 5.06. The van der Waals surface area contributed by atoms with Gasteiger partial charge >= 0.3 is 0 Å². The van der Waals surface area contributed by atoms with Crippen LogP contribution in [0.1, 0.15) is 21.5 Å². The van der Waals surface area contributed by atoms with Crippen molar-refractivity contribution in [2.24, 2.45) is 5.10 Å². The fraction of sp³-hybridized carbons (Fsp3) is 0.0400. The number of nitrogens with zero attached hydrogens (tertiary/aromatic N) is 1. The molecule has 0 aliphatic heterocycles. The first-order valence-electron chi connectivity index (χ1n) is 9.69. The second-order valence-corrected chi connectivity index (χ2v) is 7.34. The van der Waals surface area contributed by atoms with E-state index in [1.807, 2.05) is 60.7 Å². The zero-order valence-electron chi connectivity index (χ0n) is 16.6. The number of benzene rings is 4. The smallest absolute Gasteiger partial charge is 0.273 e. The molecule has 0 atom stereocenters. The highest BCUT2D eigenvalue weighted by atomic mass is 35.5. The van der Waals surface area contributed by atoms with Crippen molar-refractivity contribution in [3.05, 3.63) is 107 Å². The van der Waals surface area contributed by atoms with Crippen LogP contribution < -0.4 is 15.9 Å². The molecule has 0 unspecified atom stereocenters. The van der Waals surface area contributed by atoms with Crippen molar-refractivity contribution in [1.82, 2.24) is 5.43 Å². The summed E-state index contributed by atoms with van der Waals surface area (Å²) in [5.41, 5.74) is 10.9. The van der Waals surface area contributed by atoms with E-state index in [9.17, 15) is 4.79 Å². The Kier molecular flexibility index (Phi) is 6.15. The van der Waals surface area contributed by atoms with Gasteiger partial charge in [-0.15, -0.1) is 0 Å². The van der Waals surface area contributed by atoms with Gasteiger partial charge in [0.05, 0.1) is 11.8 Å². The van der Waals surface area contributed by atoms with Gasteiger partial charge in [-0.05, 0) is 46.7 Å². The first-order valence-corrected chi connectivity index (χ1v) is 10.1. The van der Waals surface area contributed by atoms with E-state index in [0.29, 0.717) is 28.6 Å². The molecule has 0 saturated carbocycles. The quantitative estimate of drug-likeness (QED) is 0.244. The molecule has 3 N–H and O–H groups in total. The number of fused-ring (bicyclic) bond motifs is 1. The number of nitrogen functional groups attached to an aromatic ring is 1. The van der Waals surface area contributed by atoms with E-state index in [4.69, 9.17) is 22.1 Å². The number of halogens is 1. The van der Waals surface area contributed by atoms with Gasteiger partial charge in [0, 0.05) is 16.3 Å². The summed E-state index contributed by atoms with van der Waals surface area (Å²) in [6, 6.07) is 26.2. The van der Waals surface area contributed by atoms with Crippen molar-refractivity contribution in [3.63, 3.8) is 0 Å². The number of nitrogens with one attached hydrogen (secondary N) is 1. The minimum Gasteiger partial charge on any atom is -0.488 e. The Morgan fingerprint density at radius 2 is 1.71 bits per heavy atom. The van der Waals surface area contributed by atoms with Gasteiger partial charge < -0.3 is 10.5 Å². The number of carbonyl (C=O) groups excluding carboxylic acids is 1. The van der Waals surface area contributed by atoms with Crippen LogP contribution in [0.15, 0.2) is 90.0 Å². The summed E-state index contributed by atoms with van der Waals surface area (Å²) in [6.07, 6.45) is 1.59. The van der Waals surface area contributed by atoms with E-state index >= 15 is 0 Å². The Bertz CT molecular complexity index is 1250. The summed E-state index contributed by atoms with van der Waals surface area (Å²) in [5.74, 6) is 0.282. The van der Waals surface area contributed by atoms with Crippen LogP contribution in [-0.4, -0.2) is 12.1 Å². The molecule has 5 nitrogen and oxygen atoms in total. The van der Waals surface area contributed by atoms with Crippen molar-refractivity contribution in [3.8, 4) is 5.75 Å². The van der Waals surface area contributed by atoms with Gasteiger partial charge in [-0.1, -0.05) is 66.2 Å². The molecular formula is C25H20ClN3O2. The fourth-order valence-corrected chi connectivity index (χ4v) is 3.32. The molecule has 31 heavy (non-hydrogen) atoms. The Morgan fingerprint density at radius 3 is 2.52 bits per heavy atom. The molecule has 154 valence electrons. The second kappa shape index (κ2) is 9.32. The number of hydrazone groups is 1. The van der Waals surface area contributed by atoms with Crippen molar-refractivity contribution in [2.45, 2.75) is 6.61 Å². The lowest BCUT2D eigenvalue weighted by molar-refractivity contribution is 0.0956. The average Bonchev–Trinajstić information content (AvgIpc) is 2.79. The molecule has 6 heteroatoms. The van der Waals surface area contributed by atoms with Crippen LogP contribution in [0.25, 0.3) is 10.8 Å². The minimum absolute atomic E-state index is 0.372. The molecule has 1 amide bonds. The number of para-hydroxylation sites is 1. The van der Waals surface area contributed by atoms with Gasteiger partial charge in [-0.3, -0.25) is 4.79 Å². The summed E-state index contributed by atoms with van der Waals surface area (Å²) >= 11 is 5.96. The van der Waals surface area contributed by atoms with Crippen molar-refractivity contribution in [1.29, 1.82) is 0 Å². The first kappa shape index (κ1) is 20.4. The third kappa shape index (κ3) is 4.85. The van der Waals surface area contributed by atoms with E-state index < -0.39 is 0 Å². The average molecular weight is 430 g/mol. The lowest BCUT2D eigenvalue weighted by Crippen LogP contribution is -2.19. The number of anilines is 1. The fourth-order valence-electron chi connectivity index (χ4n) is 3.20. The maximum absolute atomic E-state index is 12.4. The second-order valence-electron chi connectivity index (χ2n) is 6.90. The minimum atomic E-state index is -0.377. The SMILES string of the molecule is Nc1ccccc1C(=O)N/N=C\c1c(OCc2ccc(Cl)cc2)ccc2ccccc12. The van der Waals surface area contributed by atoms with E-state index in [2.05, 4.69) is 10.5 Å². The summed E-state index contributed by atoms with van der Waals surface area (Å²) < 4.78 is 6.07. The predicted octanol–water partition coefficient (Wildman–Crippen LogP) is 5.42. The zero-order chi connectivity index (χ0) is 21.6. The van der Waals surface area contributed by atoms with Gasteiger partial charge in [0.15, 0.2) is 0 Å². The molecule has 4 rings (SSSR count). The van der Waals surface area contributed by atoms with Gasteiger partial charge in [-0.25, -0.2) is 5.43 Å². The molecule has 0 saturated heterocycles. The Hall–Kier alpha value is -3.83. The molecule has 0 aromatic heterocycles. The van der Waals surface area contributed by atoms with Crippen LogP contribution in [0.2, 0.25) is 5.02 Å². The molecule has 4 aromatic carbocycles. The van der Waals surface area contributed by atoms with Crippen LogP contribution in [0, 0.1) is 0 Å².